The normalized spacial score (nSPS) is 16.9. The number of nitrogens with zero attached hydrogens (tertiary/aromatic N) is 1. The van der Waals surface area contributed by atoms with Gasteiger partial charge in [0.25, 0.3) is 0 Å². The van der Waals surface area contributed by atoms with Gasteiger partial charge in [-0.3, -0.25) is 14.5 Å². The molecule has 1 saturated heterocycles. The number of carbonyl (C=O) groups is 2. The Morgan fingerprint density at radius 1 is 1.25 bits per heavy atom. The molecule has 2 rings (SSSR count). The molecule has 0 saturated carbocycles. The summed E-state index contributed by atoms with van der Waals surface area (Å²) >= 11 is 0. The van der Waals surface area contributed by atoms with E-state index in [-0.39, 0.29) is 23.4 Å². The van der Waals surface area contributed by atoms with E-state index in [2.05, 4.69) is 10.2 Å². The third-order valence-electron chi connectivity index (χ3n) is 3.76. The number of benzene rings is 1. The van der Waals surface area contributed by atoms with Crippen LogP contribution < -0.4 is 5.32 Å². The van der Waals surface area contributed by atoms with Crippen LogP contribution in [0.15, 0.2) is 24.3 Å². The van der Waals surface area contributed by atoms with Crippen LogP contribution in [0.25, 0.3) is 0 Å². The van der Waals surface area contributed by atoms with Crippen molar-refractivity contribution in [2.75, 3.05) is 26.7 Å². The van der Waals surface area contributed by atoms with Gasteiger partial charge in [-0.2, -0.15) is 0 Å². The maximum absolute atomic E-state index is 12.1. The summed E-state index contributed by atoms with van der Waals surface area (Å²) in [7, 11) is 1.66. The average Bonchev–Trinajstić information content (AvgIpc) is 2.48. The van der Waals surface area contributed by atoms with Gasteiger partial charge in [0.05, 0.1) is 6.54 Å². The summed E-state index contributed by atoms with van der Waals surface area (Å²) in [6.45, 7) is 1.90. The van der Waals surface area contributed by atoms with Gasteiger partial charge in [0.2, 0.25) is 5.91 Å². The zero-order chi connectivity index (χ0) is 14.5. The van der Waals surface area contributed by atoms with Crippen molar-refractivity contribution in [2.24, 2.45) is 5.92 Å². The van der Waals surface area contributed by atoms with Gasteiger partial charge in [-0.15, -0.1) is 0 Å². The number of carbonyl (C=O) groups excluding carboxylic acids is 2. The highest BCUT2D eigenvalue weighted by Crippen LogP contribution is 2.18. The molecule has 1 fully saturated rings. The Kier molecular flexibility index (Phi) is 4.74. The van der Waals surface area contributed by atoms with E-state index in [1.54, 1.807) is 19.2 Å². The number of nitrogens with one attached hydrogen (secondary N) is 1. The maximum atomic E-state index is 12.1. The first-order chi connectivity index (χ1) is 9.60. The second-order valence-corrected chi connectivity index (χ2v) is 5.13. The zero-order valence-electron chi connectivity index (χ0n) is 11.6. The molecule has 5 heteroatoms. The van der Waals surface area contributed by atoms with E-state index in [9.17, 15) is 14.7 Å². The van der Waals surface area contributed by atoms with Crippen LogP contribution in [0.2, 0.25) is 0 Å². The van der Waals surface area contributed by atoms with Crippen LogP contribution in [0.4, 0.5) is 0 Å². The first-order valence-electron chi connectivity index (χ1n) is 6.86. The number of likely N-dealkylation sites (tertiary alicyclic amines) is 1. The molecule has 1 aromatic carbocycles. The number of phenolic OH excluding ortho intramolecular Hbond substituents is 1. The summed E-state index contributed by atoms with van der Waals surface area (Å²) in [6, 6.07) is 6.31. The van der Waals surface area contributed by atoms with Crippen molar-refractivity contribution in [2.45, 2.75) is 12.8 Å². The van der Waals surface area contributed by atoms with E-state index < -0.39 is 0 Å². The molecule has 0 aliphatic carbocycles. The van der Waals surface area contributed by atoms with Gasteiger partial charge in [0.1, 0.15) is 5.75 Å². The van der Waals surface area contributed by atoms with Crippen molar-refractivity contribution in [3.63, 3.8) is 0 Å². The van der Waals surface area contributed by atoms with Crippen LogP contribution in [-0.4, -0.2) is 48.4 Å². The minimum absolute atomic E-state index is 0.0448. The lowest BCUT2D eigenvalue weighted by Crippen LogP contribution is -2.41. The highest BCUT2D eigenvalue weighted by Gasteiger charge is 2.25. The van der Waals surface area contributed by atoms with Crippen LogP contribution >= 0.6 is 0 Å². The maximum Gasteiger partial charge on any atom is 0.222 e. The quantitative estimate of drug-likeness (QED) is 0.806. The predicted octanol–water partition coefficient (Wildman–Crippen LogP) is 1.03. The fourth-order valence-corrected chi connectivity index (χ4v) is 2.50. The minimum atomic E-state index is 0.0448. The number of hydrogen-bond acceptors (Lipinski definition) is 4. The first-order valence-corrected chi connectivity index (χ1v) is 6.86. The van der Waals surface area contributed by atoms with E-state index in [1.807, 2.05) is 0 Å². The Morgan fingerprint density at radius 2 is 1.85 bits per heavy atom. The van der Waals surface area contributed by atoms with E-state index in [0.717, 1.165) is 25.9 Å². The van der Waals surface area contributed by atoms with Crippen LogP contribution in [0, 0.1) is 5.92 Å². The number of ketones is 1. The Labute approximate surface area is 118 Å². The number of aromatic hydroxyl groups is 1. The van der Waals surface area contributed by atoms with E-state index in [0.29, 0.717) is 12.1 Å². The molecule has 0 radical (unpaired) electrons. The highest BCUT2D eigenvalue weighted by molar-refractivity contribution is 5.97. The molecule has 0 unspecified atom stereocenters. The highest BCUT2D eigenvalue weighted by atomic mass is 16.3. The van der Waals surface area contributed by atoms with Gasteiger partial charge in [0.15, 0.2) is 5.78 Å². The average molecular weight is 276 g/mol. The molecule has 0 atom stereocenters. The van der Waals surface area contributed by atoms with Gasteiger partial charge < -0.3 is 10.4 Å². The molecular formula is C15H20N2O3. The summed E-state index contributed by atoms with van der Waals surface area (Å²) in [5.41, 5.74) is 0.608. The Morgan fingerprint density at radius 3 is 2.40 bits per heavy atom. The lowest BCUT2D eigenvalue weighted by molar-refractivity contribution is -0.125. The van der Waals surface area contributed by atoms with Crippen molar-refractivity contribution in [1.82, 2.24) is 10.2 Å². The molecule has 1 aliphatic heterocycles. The standard InChI is InChI=1S/C15H20N2O3/c1-16-15(20)12-6-8-17(9-7-12)10-14(19)11-2-4-13(18)5-3-11/h2-5,12,18H,6-10H2,1H3,(H,16,20). The summed E-state index contributed by atoms with van der Waals surface area (Å²) < 4.78 is 0. The van der Waals surface area contributed by atoms with Gasteiger partial charge in [-0.05, 0) is 50.2 Å². The second kappa shape index (κ2) is 6.52. The molecule has 0 aromatic heterocycles. The van der Waals surface area contributed by atoms with Crippen LogP contribution in [-0.2, 0) is 4.79 Å². The molecular weight excluding hydrogens is 256 g/mol. The minimum Gasteiger partial charge on any atom is -0.508 e. The van der Waals surface area contributed by atoms with Crippen molar-refractivity contribution >= 4 is 11.7 Å². The van der Waals surface area contributed by atoms with Gasteiger partial charge in [0, 0.05) is 18.5 Å². The van der Waals surface area contributed by atoms with E-state index in [4.69, 9.17) is 0 Å². The van der Waals surface area contributed by atoms with Crippen molar-refractivity contribution in [3.8, 4) is 5.75 Å². The summed E-state index contributed by atoms with van der Waals surface area (Å²) in [6.07, 6.45) is 1.59. The molecule has 108 valence electrons. The number of rotatable bonds is 4. The van der Waals surface area contributed by atoms with Crippen LogP contribution in [0.3, 0.4) is 0 Å². The molecule has 1 aliphatic rings. The van der Waals surface area contributed by atoms with Crippen LogP contribution in [0.5, 0.6) is 5.75 Å². The topological polar surface area (TPSA) is 69.6 Å². The third kappa shape index (κ3) is 3.57. The van der Waals surface area contributed by atoms with Gasteiger partial charge in [-0.25, -0.2) is 0 Å². The smallest absolute Gasteiger partial charge is 0.222 e. The Hall–Kier alpha value is -1.88. The van der Waals surface area contributed by atoms with Gasteiger partial charge in [-0.1, -0.05) is 0 Å². The SMILES string of the molecule is CNC(=O)C1CCN(CC(=O)c2ccc(O)cc2)CC1. The first kappa shape index (κ1) is 14.5. The molecule has 0 bridgehead atoms. The van der Waals surface area contributed by atoms with Crippen LogP contribution in [0.1, 0.15) is 23.2 Å². The third-order valence-corrected chi connectivity index (χ3v) is 3.76. The van der Waals surface area contributed by atoms with E-state index >= 15 is 0 Å². The Bertz CT molecular complexity index is 476. The molecule has 1 amide bonds. The molecule has 1 heterocycles. The molecule has 5 nitrogen and oxygen atoms in total. The van der Waals surface area contributed by atoms with Gasteiger partial charge >= 0.3 is 0 Å². The number of amides is 1. The Balaban J connectivity index is 1.85. The largest absolute Gasteiger partial charge is 0.508 e. The lowest BCUT2D eigenvalue weighted by Gasteiger charge is -2.30. The second-order valence-electron chi connectivity index (χ2n) is 5.13. The zero-order valence-corrected chi connectivity index (χ0v) is 11.6. The summed E-state index contributed by atoms with van der Waals surface area (Å²) in [5.74, 6) is 0.367. The molecule has 20 heavy (non-hydrogen) atoms. The van der Waals surface area contributed by atoms with Crippen molar-refractivity contribution in [1.29, 1.82) is 0 Å². The molecule has 0 spiro atoms. The summed E-state index contributed by atoms with van der Waals surface area (Å²) in [5, 5.41) is 11.9. The van der Waals surface area contributed by atoms with Crippen molar-refractivity contribution < 1.29 is 14.7 Å². The summed E-state index contributed by atoms with van der Waals surface area (Å²) in [4.78, 5) is 25.7. The number of hydrogen-bond donors (Lipinski definition) is 2. The number of Topliss-reactive ketones (excluding diaryl/α,β-unsaturated/α-hetero) is 1. The molecule has 1 aromatic rings. The monoisotopic (exact) mass is 276 g/mol. The van der Waals surface area contributed by atoms with E-state index in [1.165, 1.54) is 12.1 Å². The lowest BCUT2D eigenvalue weighted by atomic mass is 9.95. The van der Waals surface area contributed by atoms with Crippen molar-refractivity contribution in [3.05, 3.63) is 29.8 Å². The molecule has 2 N–H and O–H groups in total. The number of piperidine rings is 1. The fraction of sp³-hybridized carbons (Fsp3) is 0.467. The predicted molar refractivity (Wildman–Crippen MR) is 75.7 cm³/mol. The number of phenols is 1. The fourth-order valence-electron chi connectivity index (χ4n) is 2.50.